The zero-order chi connectivity index (χ0) is 32.0. The van der Waals surface area contributed by atoms with Gasteiger partial charge in [0.15, 0.2) is 17.0 Å². The Kier molecular flexibility index (Phi) is 7.35. The van der Waals surface area contributed by atoms with Crippen LogP contribution in [0.4, 0.5) is 5.82 Å². The number of hydrogen-bond acceptors (Lipinski definition) is 15. The van der Waals surface area contributed by atoms with Gasteiger partial charge in [-0.3, -0.25) is 18.4 Å². The highest BCUT2D eigenvalue weighted by molar-refractivity contribution is 8.44. The lowest BCUT2D eigenvalue weighted by Gasteiger charge is -2.45. The Balaban J connectivity index is 1.06. The summed E-state index contributed by atoms with van der Waals surface area (Å²) in [6, 6.07) is -0.260. The second-order valence-electron chi connectivity index (χ2n) is 11.4. The van der Waals surface area contributed by atoms with E-state index >= 15 is 0 Å². The lowest BCUT2D eigenvalue weighted by molar-refractivity contribution is -0.0388. The van der Waals surface area contributed by atoms with Gasteiger partial charge in [0.25, 0.3) is 5.56 Å². The van der Waals surface area contributed by atoms with Crippen LogP contribution >= 0.6 is 38.1 Å². The maximum absolute atomic E-state index is 13.6. The van der Waals surface area contributed by atoms with Crippen molar-refractivity contribution in [3.05, 3.63) is 35.7 Å². The quantitative estimate of drug-likeness (QED) is 0.152. The van der Waals surface area contributed by atoms with Crippen molar-refractivity contribution in [2.24, 2.45) is 17.8 Å². The van der Waals surface area contributed by atoms with Gasteiger partial charge in [0.05, 0.1) is 32.5 Å². The van der Waals surface area contributed by atoms with Gasteiger partial charge in [0.2, 0.25) is 5.78 Å². The van der Waals surface area contributed by atoms with Gasteiger partial charge in [-0.15, -0.1) is 10.2 Å². The molecule has 1 aliphatic carbocycles. The first-order chi connectivity index (χ1) is 22.0. The monoisotopic (exact) mass is 711 g/mol. The topological polar surface area (TPSA) is 231 Å². The first-order valence-corrected chi connectivity index (χ1v) is 19.5. The van der Waals surface area contributed by atoms with Gasteiger partial charge in [0, 0.05) is 17.9 Å². The fourth-order valence-electron chi connectivity index (χ4n) is 6.43. The molecule has 2 aliphatic heterocycles. The van der Waals surface area contributed by atoms with E-state index in [0.29, 0.717) is 23.2 Å². The minimum absolute atomic E-state index is 0.000976. The lowest BCUT2D eigenvalue weighted by atomic mass is 9.70. The molecule has 0 aromatic carbocycles. The Hall–Kier alpha value is -2.87. The number of imidazole rings is 2. The summed E-state index contributed by atoms with van der Waals surface area (Å²) in [6.07, 6.45) is 3.76. The van der Waals surface area contributed by atoms with Crippen molar-refractivity contribution >= 4 is 72.0 Å². The molecule has 244 valence electrons. The van der Waals surface area contributed by atoms with Gasteiger partial charge in [-0.1, -0.05) is 31.4 Å². The van der Waals surface area contributed by atoms with E-state index < -0.39 is 37.9 Å². The lowest BCUT2D eigenvalue weighted by Crippen LogP contribution is -2.43. The third kappa shape index (κ3) is 5.09. The first kappa shape index (κ1) is 30.5. The van der Waals surface area contributed by atoms with Crippen LogP contribution in [0.15, 0.2) is 30.1 Å². The third-order valence-electron chi connectivity index (χ3n) is 8.84. The van der Waals surface area contributed by atoms with E-state index in [1.165, 1.54) is 23.4 Å². The molecule has 23 heteroatoms. The molecule has 0 amide bonds. The Morgan fingerprint density at radius 2 is 1.74 bits per heavy atom. The van der Waals surface area contributed by atoms with E-state index in [4.69, 9.17) is 28.6 Å². The number of hydrogen-bond donors (Lipinski definition) is 4. The van der Waals surface area contributed by atoms with Gasteiger partial charge >= 0.3 is 13.6 Å². The smallest absolute Gasteiger partial charge is 0.382 e. The third-order valence-corrected chi connectivity index (χ3v) is 12.1. The van der Waals surface area contributed by atoms with Gasteiger partial charge < -0.3 is 29.1 Å². The Morgan fingerprint density at radius 3 is 2.59 bits per heavy atom. The number of nitrogens with zero attached hydrogens (tertiary/aromatic N) is 9. The molecule has 46 heavy (non-hydrogen) atoms. The number of nitrogen functional groups attached to an aromatic ring is 1. The summed E-state index contributed by atoms with van der Waals surface area (Å²) in [5, 5.41) is 7.72. The standard InChI is InChI=1S/C23H27N11O8P2S2/c1-10-17-14(41-22(10)33-8-27-15-18(24)25-6-26-19(15)33)5-40-43(36,45)39-4-12-11(3-38-44(37,46)42-17)2-13(12)32-7-28-16-20(32)30-23-31-29-9-34(23)21(16)35/h6-14,17,22H,2-5H2,1H3,(H,30,31)(H,36,45)(H,37,46)(H2,24,25,26)/t10-,11-,12-,13-,14-,17+,22-,43-,44+/m1/s1. The van der Waals surface area contributed by atoms with Crippen LogP contribution in [0.1, 0.15) is 25.6 Å². The van der Waals surface area contributed by atoms with E-state index in [0.717, 1.165) is 0 Å². The summed E-state index contributed by atoms with van der Waals surface area (Å²) in [7, 11) is 0. The number of nitrogens with one attached hydrogen (secondary N) is 1. The van der Waals surface area contributed by atoms with Gasteiger partial charge in [0.1, 0.15) is 42.3 Å². The number of fused-ring (bicyclic) bond motifs is 5. The number of anilines is 1. The molecule has 0 unspecified atom stereocenters. The van der Waals surface area contributed by atoms with Crippen molar-refractivity contribution in [3.63, 3.8) is 0 Å². The summed E-state index contributed by atoms with van der Waals surface area (Å²) in [5.41, 5.74) is 7.05. The van der Waals surface area contributed by atoms with E-state index in [1.54, 1.807) is 15.5 Å². The molecule has 3 aliphatic rings. The van der Waals surface area contributed by atoms with Crippen molar-refractivity contribution < 1.29 is 32.0 Å². The molecule has 1 saturated carbocycles. The summed E-state index contributed by atoms with van der Waals surface area (Å²) in [5.74, 6) is -0.528. The predicted octanol–water partition coefficient (Wildman–Crippen LogP) is 2.42. The fourth-order valence-corrected chi connectivity index (χ4v) is 9.21. The van der Waals surface area contributed by atoms with Gasteiger partial charge in [-0.25, -0.2) is 33.5 Å². The number of rotatable bonds is 2. The Labute approximate surface area is 268 Å². The summed E-state index contributed by atoms with van der Waals surface area (Å²) >= 11 is 8.51. The molecule has 9 atom stereocenters. The van der Waals surface area contributed by atoms with Gasteiger partial charge in [-0.05, 0) is 12.3 Å². The fraction of sp³-hybridized carbons (Fsp3) is 0.522. The molecule has 5 aromatic heterocycles. The highest BCUT2D eigenvalue weighted by Crippen LogP contribution is 2.61. The van der Waals surface area contributed by atoms with Crippen LogP contribution < -0.4 is 11.3 Å². The van der Waals surface area contributed by atoms with Crippen LogP contribution in [0.25, 0.3) is 28.1 Å². The first-order valence-electron chi connectivity index (χ1n) is 14.1. The predicted molar refractivity (Wildman–Crippen MR) is 166 cm³/mol. The zero-order valence-electron chi connectivity index (χ0n) is 23.8. The summed E-state index contributed by atoms with van der Waals surface area (Å²) in [6.45, 7) is -6.38. The van der Waals surface area contributed by atoms with Crippen LogP contribution in [-0.4, -0.2) is 80.7 Å². The van der Waals surface area contributed by atoms with E-state index in [-0.39, 0.29) is 60.4 Å². The Morgan fingerprint density at radius 1 is 0.978 bits per heavy atom. The molecule has 0 radical (unpaired) electrons. The molecule has 3 N–H and O–H groups in total. The van der Waals surface area contributed by atoms with Crippen LogP contribution in [0.2, 0.25) is 0 Å². The van der Waals surface area contributed by atoms with Crippen molar-refractivity contribution in [1.29, 1.82) is 0 Å². The van der Waals surface area contributed by atoms with E-state index in [2.05, 4.69) is 59.6 Å². The maximum atomic E-state index is 13.6. The highest BCUT2D eigenvalue weighted by Gasteiger charge is 2.50. The van der Waals surface area contributed by atoms with Crippen molar-refractivity contribution in [2.45, 2.75) is 37.8 Å². The van der Waals surface area contributed by atoms with Crippen LogP contribution in [0.3, 0.4) is 0 Å². The molecular formula is C23H27N11O8P2S2. The molecule has 0 spiro atoms. The number of ether oxygens (including phenoxy) is 1. The summed E-state index contributed by atoms with van der Waals surface area (Å²) in [4.78, 5) is 32.8. The molecule has 19 nitrogen and oxygen atoms in total. The highest BCUT2D eigenvalue weighted by atomic mass is 32.7. The SMILES string of the molecule is C[C@@H]1[C@@H]2O[P@@](=O)(S)OC[C@H]3C[C@@H](n4cnc5c(=O)n6cnnc6[nH]c54)[C@@H]3CO[P@@](=O)(S)OC[C@H]2O[C@H]1n1cnc2c(N)ncnc21. The molecule has 7 heterocycles. The Bertz CT molecular complexity index is 2140. The van der Waals surface area contributed by atoms with Crippen molar-refractivity contribution in [1.82, 2.24) is 48.7 Å². The molecule has 5 aromatic rings. The second-order valence-corrected chi connectivity index (χ2v) is 17.2. The van der Waals surface area contributed by atoms with E-state index in [1.807, 2.05) is 6.92 Å². The average molecular weight is 712 g/mol. The number of H-pyrrole nitrogens is 1. The van der Waals surface area contributed by atoms with Crippen molar-refractivity contribution in [2.75, 3.05) is 25.6 Å². The van der Waals surface area contributed by atoms with E-state index in [9.17, 15) is 13.9 Å². The summed E-state index contributed by atoms with van der Waals surface area (Å²) < 4.78 is 61.3. The minimum atomic E-state index is -3.95. The second kappa shape index (κ2) is 11.1. The maximum Gasteiger partial charge on any atom is 0.386 e. The van der Waals surface area contributed by atoms with Gasteiger partial charge in [-0.2, -0.15) is 0 Å². The minimum Gasteiger partial charge on any atom is -0.382 e. The largest absolute Gasteiger partial charge is 0.386 e. The number of thiol groups is 2. The van der Waals surface area contributed by atoms with Crippen LogP contribution in [0, 0.1) is 17.8 Å². The van der Waals surface area contributed by atoms with Crippen molar-refractivity contribution in [3.8, 4) is 0 Å². The normalized spacial score (nSPS) is 35.7. The molecule has 8 rings (SSSR count). The molecule has 0 bridgehead atoms. The molecular weight excluding hydrogens is 684 g/mol. The molecule has 3 fully saturated rings. The van der Waals surface area contributed by atoms with Crippen LogP contribution in [-0.2, 0) is 32.0 Å². The average Bonchev–Trinajstić information content (AvgIpc) is 3.79. The van der Waals surface area contributed by atoms with Crippen LogP contribution in [0.5, 0.6) is 0 Å². The number of aromatic nitrogens is 10. The molecule has 2 saturated heterocycles. The zero-order valence-corrected chi connectivity index (χ0v) is 27.4. The number of aromatic amines is 1. The number of nitrogens with two attached hydrogens (primary N) is 1.